The maximum Gasteiger partial charge on any atom is 0.293 e. The van der Waals surface area contributed by atoms with Gasteiger partial charge in [0, 0.05) is 11.5 Å². The van der Waals surface area contributed by atoms with Gasteiger partial charge in [-0.05, 0) is 86.9 Å². The van der Waals surface area contributed by atoms with Gasteiger partial charge in [0.05, 0.1) is 0 Å². The van der Waals surface area contributed by atoms with Gasteiger partial charge in [-0.15, -0.1) is 0 Å². The summed E-state index contributed by atoms with van der Waals surface area (Å²) in [6.07, 6.45) is 1.63. The predicted molar refractivity (Wildman–Crippen MR) is 113 cm³/mol. The molecule has 28 heavy (non-hydrogen) atoms. The van der Waals surface area contributed by atoms with E-state index in [1.807, 2.05) is 6.92 Å². The summed E-state index contributed by atoms with van der Waals surface area (Å²) >= 11 is 0. The summed E-state index contributed by atoms with van der Waals surface area (Å²) in [4.78, 5) is 11.2. The number of benzene rings is 2. The summed E-state index contributed by atoms with van der Waals surface area (Å²) in [7, 11) is 0. The molecule has 3 heteroatoms. The third-order valence-corrected chi connectivity index (χ3v) is 6.21. The monoisotopic (exact) mass is 378 g/mol. The van der Waals surface area contributed by atoms with Gasteiger partial charge in [-0.3, -0.25) is 4.79 Å². The van der Waals surface area contributed by atoms with Crippen molar-refractivity contribution >= 4 is 6.47 Å². The van der Waals surface area contributed by atoms with E-state index in [1.54, 1.807) is 0 Å². The highest BCUT2D eigenvalue weighted by atomic mass is 16.5. The third kappa shape index (κ3) is 3.71. The number of rotatable bonds is 6. The second kappa shape index (κ2) is 8.22. The molecule has 1 aliphatic rings. The fraction of sp³-hybridized carbons (Fsp3) is 0.400. The Morgan fingerprint density at radius 3 is 2.61 bits per heavy atom. The number of hydrogen-bond acceptors (Lipinski definition) is 3. The van der Waals surface area contributed by atoms with Gasteiger partial charge in [0.1, 0.15) is 18.5 Å². The minimum Gasteiger partial charge on any atom is -0.489 e. The molecule has 2 aromatic carbocycles. The first-order valence-corrected chi connectivity index (χ1v) is 9.90. The quantitative estimate of drug-likeness (QED) is 0.467. The van der Waals surface area contributed by atoms with Gasteiger partial charge in [0.15, 0.2) is 0 Å². The molecule has 0 spiro atoms. The Labute approximate surface area is 168 Å². The first-order valence-electron chi connectivity index (χ1n) is 9.90. The van der Waals surface area contributed by atoms with Crippen LogP contribution >= 0.6 is 0 Å². The zero-order valence-corrected chi connectivity index (χ0v) is 17.6. The molecular weight excluding hydrogens is 348 g/mol. The van der Waals surface area contributed by atoms with Crippen LogP contribution in [0.2, 0.25) is 0 Å². The highest BCUT2D eigenvalue weighted by molar-refractivity contribution is 5.53. The lowest BCUT2D eigenvalue weighted by atomic mass is 9.75. The first kappa shape index (κ1) is 20.2. The molecule has 2 aromatic rings. The minimum absolute atomic E-state index is 0.144. The van der Waals surface area contributed by atoms with Crippen molar-refractivity contribution in [1.29, 1.82) is 0 Å². The lowest BCUT2D eigenvalue weighted by Gasteiger charge is -2.35. The summed E-state index contributed by atoms with van der Waals surface area (Å²) < 4.78 is 11.8. The number of fused-ring (bicyclic) bond motifs is 1. The maximum absolute atomic E-state index is 11.2. The fourth-order valence-corrected chi connectivity index (χ4v) is 4.33. The SMILES string of the molecule is C=C(C)[C@@H]1CCc2c(C)cc(OCc3cccc(C)c3C)c(C)c2[C@@H]1OC=O. The molecule has 148 valence electrons. The molecule has 0 bridgehead atoms. The predicted octanol–water partition coefficient (Wildman–Crippen LogP) is 5.85. The van der Waals surface area contributed by atoms with Crippen LogP contribution < -0.4 is 4.74 Å². The summed E-state index contributed by atoms with van der Waals surface area (Å²) in [6, 6.07) is 8.42. The normalized spacial score (nSPS) is 18.3. The Morgan fingerprint density at radius 1 is 1.18 bits per heavy atom. The highest BCUT2D eigenvalue weighted by Crippen LogP contribution is 2.45. The number of carbonyl (C=O) groups excluding carboxylic acids is 1. The smallest absolute Gasteiger partial charge is 0.293 e. The molecule has 3 rings (SSSR count). The Bertz CT molecular complexity index is 910. The molecule has 2 atom stereocenters. The van der Waals surface area contributed by atoms with E-state index in [2.05, 4.69) is 58.5 Å². The van der Waals surface area contributed by atoms with Crippen molar-refractivity contribution in [3.8, 4) is 5.75 Å². The van der Waals surface area contributed by atoms with Gasteiger partial charge in [-0.25, -0.2) is 0 Å². The van der Waals surface area contributed by atoms with Crippen molar-refractivity contribution in [3.05, 3.63) is 75.4 Å². The third-order valence-electron chi connectivity index (χ3n) is 6.21. The van der Waals surface area contributed by atoms with Crippen molar-refractivity contribution in [2.45, 2.75) is 60.2 Å². The topological polar surface area (TPSA) is 35.5 Å². The van der Waals surface area contributed by atoms with Gasteiger partial charge in [-0.2, -0.15) is 0 Å². The zero-order valence-electron chi connectivity index (χ0n) is 17.6. The summed E-state index contributed by atoms with van der Waals surface area (Å²) in [5, 5.41) is 0. The molecule has 3 nitrogen and oxygen atoms in total. The van der Waals surface area contributed by atoms with E-state index in [1.165, 1.54) is 27.8 Å². The number of ether oxygens (including phenoxy) is 2. The molecule has 0 N–H and O–H groups in total. The average molecular weight is 379 g/mol. The van der Waals surface area contributed by atoms with Crippen molar-refractivity contribution in [2.75, 3.05) is 0 Å². The number of carbonyl (C=O) groups is 1. The maximum atomic E-state index is 11.2. The molecule has 0 aliphatic heterocycles. The molecule has 0 saturated heterocycles. The van der Waals surface area contributed by atoms with Crippen LogP contribution in [0, 0.1) is 33.6 Å². The molecule has 0 fully saturated rings. The van der Waals surface area contributed by atoms with E-state index in [0.29, 0.717) is 13.1 Å². The second-order valence-corrected chi connectivity index (χ2v) is 8.00. The van der Waals surface area contributed by atoms with Crippen molar-refractivity contribution in [3.63, 3.8) is 0 Å². The van der Waals surface area contributed by atoms with Crippen LogP contribution in [0.3, 0.4) is 0 Å². The van der Waals surface area contributed by atoms with E-state index in [4.69, 9.17) is 9.47 Å². The first-order chi connectivity index (χ1) is 13.3. The van der Waals surface area contributed by atoms with Crippen LogP contribution in [0.15, 0.2) is 36.4 Å². The van der Waals surface area contributed by atoms with Crippen molar-refractivity contribution < 1.29 is 14.3 Å². The standard InChI is InChI=1S/C25H30O3/c1-15(2)21-10-11-22-17(4)12-23(19(6)24(22)25(21)28-14-26)27-13-20-9-7-8-16(3)18(20)5/h7-9,12,14,21,25H,1,10-11,13H2,2-6H3/t21-,25+/m0/s1. The summed E-state index contributed by atoms with van der Waals surface area (Å²) in [5.74, 6) is 1.00. The molecule has 0 aromatic heterocycles. The Kier molecular flexibility index (Phi) is 5.93. The van der Waals surface area contributed by atoms with Gasteiger partial charge < -0.3 is 9.47 Å². The van der Waals surface area contributed by atoms with E-state index in [0.717, 1.165) is 35.3 Å². The molecular formula is C25H30O3. The largest absolute Gasteiger partial charge is 0.489 e. The summed E-state index contributed by atoms with van der Waals surface area (Å²) in [6.45, 7) is 15.7. The molecule has 1 aliphatic carbocycles. The Balaban J connectivity index is 1.99. The van der Waals surface area contributed by atoms with E-state index in [-0.39, 0.29) is 12.0 Å². The summed E-state index contributed by atoms with van der Waals surface area (Å²) in [5.41, 5.74) is 9.40. The molecule has 0 radical (unpaired) electrons. The van der Waals surface area contributed by atoms with Gasteiger partial charge in [-0.1, -0.05) is 30.4 Å². The van der Waals surface area contributed by atoms with Crippen molar-refractivity contribution in [1.82, 2.24) is 0 Å². The Hall–Kier alpha value is -2.55. The number of hydrogen-bond donors (Lipinski definition) is 0. The minimum atomic E-state index is -0.290. The van der Waals surface area contributed by atoms with E-state index >= 15 is 0 Å². The fourth-order valence-electron chi connectivity index (χ4n) is 4.33. The van der Waals surface area contributed by atoms with Crippen LogP contribution in [0.5, 0.6) is 5.75 Å². The van der Waals surface area contributed by atoms with E-state index in [9.17, 15) is 4.79 Å². The number of aryl methyl sites for hydroxylation is 2. The van der Waals surface area contributed by atoms with Gasteiger partial charge >= 0.3 is 0 Å². The van der Waals surface area contributed by atoms with Crippen LogP contribution in [-0.2, 0) is 22.6 Å². The van der Waals surface area contributed by atoms with Crippen molar-refractivity contribution in [2.24, 2.45) is 5.92 Å². The average Bonchev–Trinajstić information content (AvgIpc) is 2.66. The highest BCUT2D eigenvalue weighted by Gasteiger charge is 2.34. The van der Waals surface area contributed by atoms with E-state index < -0.39 is 0 Å². The molecule has 0 heterocycles. The lowest BCUT2D eigenvalue weighted by molar-refractivity contribution is -0.136. The van der Waals surface area contributed by atoms with Crippen LogP contribution in [0.4, 0.5) is 0 Å². The van der Waals surface area contributed by atoms with Crippen LogP contribution in [0.1, 0.15) is 58.4 Å². The Morgan fingerprint density at radius 2 is 1.93 bits per heavy atom. The van der Waals surface area contributed by atoms with Gasteiger partial charge in [0.25, 0.3) is 6.47 Å². The zero-order chi connectivity index (χ0) is 20.4. The van der Waals surface area contributed by atoms with Gasteiger partial charge in [0.2, 0.25) is 0 Å². The second-order valence-electron chi connectivity index (χ2n) is 8.00. The van der Waals surface area contributed by atoms with Crippen LogP contribution in [-0.4, -0.2) is 6.47 Å². The molecule has 0 saturated carbocycles. The molecule has 0 amide bonds. The van der Waals surface area contributed by atoms with Crippen LogP contribution in [0.25, 0.3) is 0 Å². The lowest BCUT2D eigenvalue weighted by Crippen LogP contribution is -2.25. The molecule has 0 unspecified atom stereocenters.